The van der Waals surface area contributed by atoms with Gasteiger partial charge in [-0.2, -0.15) is 0 Å². The summed E-state index contributed by atoms with van der Waals surface area (Å²) in [5, 5.41) is 28.3. The summed E-state index contributed by atoms with van der Waals surface area (Å²) in [4.78, 5) is 22.9. The fourth-order valence-electron chi connectivity index (χ4n) is 2.07. The molecule has 11 heteroatoms. The van der Waals surface area contributed by atoms with E-state index >= 15 is 0 Å². The fourth-order valence-corrected chi connectivity index (χ4v) is 2.07. The molecule has 1 heterocycles. The second-order valence-corrected chi connectivity index (χ2v) is 6.08. The normalized spacial score (nSPS) is 21.1. The van der Waals surface area contributed by atoms with E-state index in [1.165, 1.54) is 13.8 Å². The van der Waals surface area contributed by atoms with E-state index in [0.29, 0.717) is 33.0 Å². The number of carbonyl (C=O) groups excluding carboxylic acids is 2. The summed E-state index contributed by atoms with van der Waals surface area (Å²) >= 11 is 0. The molecule has 1 rings (SSSR count). The molecule has 1 aliphatic rings. The Bertz CT molecular complexity index is 498. The minimum Gasteiger partial charge on any atom is -0.394 e. The molecule has 0 aromatic carbocycles. The molecule has 0 radical (unpaired) electrons. The van der Waals surface area contributed by atoms with Crippen molar-refractivity contribution in [2.45, 2.75) is 72.6 Å². The highest BCUT2D eigenvalue weighted by atomic mass is 16.7. The third-order valence-corrected chi connectivity index (χ3v) is 3.48. The summed E-state index contributed by atoms with van der Waals surface area (Å²) in [6.07, 6.45) is -3.48. The fraction of sp³-hybridized carbons (Fsp3) is 0.864. The first-order chi connectivity index (χ1) is 15.8. The lowest BCUT2D eigenvalue weighted by Gasteiger charge is -2.35. The Balaban J connectivity index is -0.000000862. The Morgan fingerprint density at radius 1 is 0.939 bits per heavy atom. The van der Waals surface area contributed by atoms with Gasteiger partial charge in [-0.3, -0.25) is 4.79 Å². The Morgan fingerprint density at radius 2 is 1.39 bits per heavy atom. The molecule has 1 saturated heterocycles. The lowest BCUT2D eigenvalue weighted by molar-refractivity contribution is -0.259. The van der Waals surface area contributed by atoms with Gasteiger partial charge in [-0.1, -0.05) is 27.7 Å². The van der Waals surface area contributed by atoms with Gasteiger partial charge in [0.25, 0.3) is 6.57 Å². The first-order valence-corrected chi connectivity index (χ1v) is 11.2. The van der Waals surface area contributed by atoms with Gasteiger partial charge >= 0.3 is 5.91 Å². The highest BCUT2D eigenvalue weighted by Crippen LogP contribution is 2.20. The zero-order valence-corrected chi connectivity index (χ0v) is 20.9. The molecule has 0 saturated carbocycles. The van der Waals surface area contributed by atoms with Gasteiger partial charge in [0, 0.05) is 11.3 Å². The van der Waals surface area contributed by atoms with Crippen LogP contribution >= 0.6 is 0 Å². The maximum absolute atomic E-state index is 10.6. The summed E-state index contributed by atoms with van der Waals surface area (Å²) in [5.41, 5.74) is 0. The van der Waals surface area contributed by atoms with Crippen LogP contribution in [0.25, 0.3) is 4.85 Å². The SMILES string of the molecule is C#[N+]C(C)=O.CC.CC.CC(=O)COCCOCCOCCOC1CC(O)C(O)C(CO)O1. The summed E-state index contributed by atoms with van der Waals surface area (Å²) in [7, 11) is 0. The van der Waals surface area contributed by atoms with Crippen molar-refractivity contribution < 1.29 is 48.6 Å². The third kappa shape index (κ3) is 23.5. The topological polar surface area (TPSA) is 145 Å². The molecule has 0 aliphatic carbocycles. The highest BCUT2D eigenvalue weighted by Gasteiger charge is 2.36. The van der Waals surface area contributed by atoms with Gasteiger partial charge < -0.3 is 39.0 Å². The van der Waals surface area contributed by atoms with E-state index in [0.717, 1.165) is 0 Å². The van der Waals surface area contributed by atoms with Crippen LogP contribution in [-0.2, 0) is 33.3 Å². The van der Waals surface area contributed by atoms with E-state index in [-0.39, 0.29) is 37.9 Å². The van der Waals surface area contributed by atoms with Crippen LogP contribution in [0.5, 0.6) is 0 Å². The summed E-state index contributed by atoms with van der Waals surface area (Å²) in [6, 6.07) is 0. The maximum atomic E-state index is 10.6. The van der Waals surface area contributed by atoms with Crippen LogP contribution < -0.4 is 0 Å². The molecule has 33 heavy (non-hydrogen) atoms. The standard InChI is InChI=1S/C15H28O9.C3H4NO.2C2H6/c1-11(17)10-22-5-4-20-2-3-21-6-7-23-14-8-12(18)15(19)13(9-16)24-14;1-3(5)4-2;2*1-2/h12-16,18-19H,2-10H2,1H3;2H,1H3;2*1-2H3/q;+1;;. The first-order valence-electron chi connectivity index (χ1n) is 11.2. The Morgan fingerprint density at radius 3 is 1.82 bits per heavy atom. The Labute approximate surface area is 197 Å². The second-order valence-electron chi connectivity index (χ2n) is 6.08. The van der Waals surface area contributed by atoms with Crippen LogP contribution in [0.1, 0.15) is 48.0 Å². The number of hydrogen-bond acceptors (Lipinski definition) is 10. The van der Waals surface area contributed by atoms with Crippen LogP contribution in [0.4, 0.5) is 0 Å². The van der Waals surface area contributed by atoms with Crippen molar-refractivity contribution >= 4 is 11.7 Å². The molecule has 1 amide bonds. The number of Topliss-reactive ketones (excluding diaryl/α,β-unsaturated/α-hetero) is 1. The van der Waals surface area contributed by atoms with Crippen molar-refractivity contribution in [1.29, 1.82) is 0 Å². The number of amides is 1. The van der Waals surface area contributed by atoms with E-state index in [9.17, 15) is 19.8 Å². The van der Waals surface area contributed by atoms with E-state index < -0.39 is 24.6 Å². The lowest BCUT2D eigenvalue weighted by Crippen LogP contribution is -2.50. The van der Waals surface area contributed by atoms with Crippen molar-refractivity contribution in [3.05, 3.63) is 4.85 Å². The number of aliphatic hydroxyl groups excluding tert-OH is 3. The van der Waals surface area contributed by atoms with Gasteiger partial charge in [0.1, 0.15) is 18.8 Å². The quantitative estimate of drug-likeness (QED) is 0.325. The predicted octanol–water partition coefficient (Wildman–Crippen LogP) is 1.02. The summed E-state index contributed by atoms with van der Waals surface area (Å²) in [6.45, 7) is 17.0. The zero-order chi connectivity index (χ0) is 26.1. The van der Waals surface area contributed by atoms with Crippen LogP contribution in [0.3, 0.4) is 0 Å². The molecule has 0 bridgehead atoms. The molecule has 4 unspecified atom stereocenters. The number of hydrogen-bond donors (Lipinski definition) is 3. The van der Waals surface area contributed by atoms with Crippen LogP contribution in [0.15, 0.2) is 0 Å². The number of carbonyl (C=O) groups is 2. The van der Waals surface area contributed by atoms with Crippen molar-refractivity contribution in [1.82, 2.24) is 0 Å². The van der Waals surface area contributed by atoms with Crippen molar-refractivity contribution in [3.8, 4) is 6.57 Å². The first kappa shape index (κ1) is 36.1. The summed E-state index contributed by atoms with van der Waals surface area (Å²) in [5.74, 6) is -0.363. The smallest absolute Gasteiger partial charge is 0.394 e. The van der Waals surface area contributed by atoms with E-state index in [2.05, 4.69) is 11.4 Å². The Hall–Kier alpha value is -1.49. The summed E-state index contributed by atoms with van der Waals surface area (Å²) < 4.78 is 26.3. The van der Waals surface area contributed by atoms with Gasteiger partial charge in [-0.15, -0.1) is 0 Å². The van der Waals surface area contributed by atoms with Crippen LogP contribution in [0.2, 0.25) is 0 Å². The van der Waals surface area contributed by atoms with E-state index in [4.69, 9.17) is 28.8 Å². The molecule has 3 N–H and O–H groups in total. The molecule has 196 valence electrons. The highest BCUT2D eigenvalue weighted by molar-refractivity contribution is 5.83. The number of aliphatic hydroxyl groups is 3. The minimum absolute atomic E-state index is 0.0207. The van der Waals surface area contributed by atoms with Gasteiger partial charge in [-0.05, 0) is 6.92 Å². The predicted molar refractivity (Wildman–Crippen MR) is 123 cm³/mol. The van der Waals surface area contributed by atoms with Gasteiger partial charge in [0.15, 0.2) is 12.1 Å². The average Bonchev–Trinajstić information content (AvgIpc) is 2.82. The van der Waals surface area contributed by atoms with Crippen molar-refractivity contribution in [3.63, 3.8) is 0 Å². The number of rotatable bonds is 13. The molecule has 1 aliphatic heterocycles. The second kappa shape index (κ2) is 26.8. The molecular formula is C22H44NO10+. The Kier molecular flexibility index (Phi) is 29.3. The molecule has 0 spiro atoms. The van der Waals surface area contributed by atoms with Crippen LogP contribution in [-0.4, -0.2) is 104 Å². The molecule has 0 aromatic rings. The number of ketones is 1. The van der Waals surface area contributed by atoms with Crippen molar-refractivity contribution in [2.75, 3.05) is 52.9 Å². The zero-order valence-electron chi connectivity index (χ0n) is 20.9. The number of ether oxygens (including phenoxy) is 5. The third-order valence-electron chi connectivity index (χ3n) is 3.48. The average molecular weight is 483 g/mol. The molecule has 0 aromatic heterocycles. The van der Waals surface area contributed by atoms with Crippen LogP contribution in [0, 0.1) is 6.57 Å². The molecule has 4 atom stereocenters. The minimum atomic E-state index is -1.11. The molecular weight excluding hydrogens is 438 g/mol. The molecule has 1 fully saturated rings. The van der Waals surface area contributed by atoms with E-state index in [1.54, 1.807) is 0 Å². The van der Waals surface area contributed by atoms with Crippen molar-refractivity contribution in [2.24, 2.45) is 0 Å². The van der Waals surface area contributed by atoms with Gasteiger partial charge in [-0.25, -0.2) is 4.79 Å². The van der Waals surface area contributed by atoms with E-state index in [1.807, 2.05) is 27.7 Å². The molecule has 11 nitrogen and oxygen atoms in total. The largest absolute Gasteiger partial charge is 0.511 e. The monoisotopic (exact) mass is 482 g/mol. The van der Waals surface area contributed by atoms with Gasteiger partial charge in [0.2, 0.25) is 0 Å². The maximum Gasteiger partial charge on any atom is 0.511 e. The lowest BCUT2D eigenvalue weighted by atomic mass is 10.0. The van der Waals surface area contributed by atoms with Gasteiger partial charge in [0.05, 0.1) is 59.3 Å². The number of nitrogens with zero attached hydrogens (tertiary/aromatic N) is 1.